The summed E-state index contributed by atoms with van der Waals surface area (Å²) in [5.41, 5.74) is 1.18. The molecular weight excluding hydrogens is 660 g/mol. The molecule has 288 valence electrons. The van der Waals surface area contributed by atoms with Gasteiger partial charge in [0.1, 0.15) is 12.1 Å². The Morgan fingerprint density at radius 2 is 1.52 bits per heavy atom. The predicted octanol–water partition coefficient (Wildman–Crippen LogP) is 5.16. The number of pyridine rings is 1. The second kappa shape index (κ2) is 29.7. The van der Waals surface area contributed by atoms with E-state index in [2.05, 4.69) is 88.2 Å². The van der Waals surface area contributed by atoms with E-state index in [1.807, 2.05) is 6.07 Å². The van der Waals surface area contributed by atoms with Gasteiger partial charge in [-0.3, -0.25) is 19.5 Å². The smallest absolute Gasteiger partial charge is 0.329 e. The Morgan fingerprint density at radius 3 is 2.12 bits per heavy atom. The summed E-state index contributed by atoms with van der Waals surface area (Å²) in [5, 5.41) is 24.4. The maximum absolute atomic E-state index is 13.0. The van der Waals surface area contributed by atoms with Crippen LogP contribution in [-0.2, 0) is 25.5 Å². The van der Waals surface area contributed by atoms with Gasteiger partial charge in [-0.25, -0.2) is 4.79 Å². The highest BCUT2D eigenvalue weighted by Gasteiger charge is 2.25. The zero-order valence-corrected chi connectivity index (χ0v) is 31.1. The SMILES string of the molecule is CC/C=C\C/C=C\C/C=C\C/C=C\C/C=C\CCCC(=O)NCCCC[C@H](NC(=O)c1ccc(CCN2CCOCC2)nc1)C(=O)OC(CO)CO. The second-order valence-electron chi connectivity index (χ2n) is 12.6. The molecule has 1 aromatic rings. The zero-order valence-electron chi connectivity index (χ0n) is 31.1. The van der Waals surface area contributed by atoms with Crippen LogP contribution in [-0.4, -0.2) is 103 Å². The van der Waals surface area contributed by atoms with Crippen LogP contribution < -0.4 is 10.6 Å². The van der Waals surface area contributed by atoms with E-state index >= 15 is 0 Å². The molecule has 0 saturated carbocycles. The van der Waals surface area contributed by atoms with E-state index < -0.39 is 37.2 Å². The van der Waals surface area contributed by atoms with Gasteiger partial charge in [0.25, 0.3) is 5.91 Å². The molecular formula is C41H62N4O7. The fraction of sp³-hybridized carbons (Fsp3) is 0.561. The van der Waals surface area contributed by atoms with Crippen molar-refractivity contribution in [3.05, 3.63) is 90.3 Å². The Labute approximate surface area is 310 Å². The fourth-order valence-electron chi connectivity index (χ4n) is 5.21. The van der Waals surface area contributed by atoms with Crippen molar-refractivity contribution in [1.82, 2.24) is 20.5 Å². The highest BCUT2D eigenvalue weighted by molar-refractivity contribution is 5.96. The Hall–Kier alpha value is -3.90. The van der Waals surface area contributed by atoms with E-state index in [-0.39, 0.29) is 12.3 Å². The van der Waals surface area contributed by atoms with Crippen LogP contribution in [0.2, 0.25) is 0 Å². The van der Waals surface area contributed by atoms with Crippen molar-refractivity contribution in [2.45, 2.75) is 96.1 Å². The van der Waals surface area contributed by atoms with Crippen LogP contribution in [0.15, 0.2) is 79.1 Å². The summed E-state index contributed by atoms with van der Waals surface area (Å²) in [6.07, 6.45) is 31.1. The van der Waals surface area contributed by atoms with Crippen LogP contribution in [0, 0.1) is 0 Å². The molecule has 0 unspecified atom stereocenters. The third-order valence-electron chi connectivity index (χ3n) is 8.33. The predicted molar refractivity (Wildman–Crippen MR) is 206 cm³/mol. The van der Waals surface area contributed by atoms with Gasteiger partial charge in [0.05, 0.1) is 32.0 Å². The van der Waals surface area contributed by atoms with Crippen LogP contribution in [0.4, 0.5) is 0 Å². The van der Waals surface area contributed by atoms with Gasteiger partial charge in [0.2, 0.25) is 5.91 Å². The van der Waals surface area contributed by atoms with Crippen molar-refractivity contribution in [1.29, 1.82) is 0 Å². The first-order chi connectivity index (χ1) is 25.5. The quantitative estimate of drug-likeness (QED) is 0.0549. The third kappa shape index (κ3) is 21.5. The van der Waals surface area contributed by atoms with E-state index in [1.54, 1.807) is 6.07 Å². The number of carbonyl (C=O) groups is 3. The van der Waals surface area contributed by atoms with E-state index in [0.29, 0.717) is 31.4 Å². The Balaban J connectivity index is 1.64. The molecule has 1 aliphatic heterocycles. The standard InChI is InChI=1S/C41H62N4O7/c1-2-3-4-5-6-7-8-9-10-11-12-13-14-15-16-17-18-22-39(48)42-26-20-19-21-38(41(50)52-37(33-46)34-47)44-40(49)35-23-24-36(43-32-35)25-27-45-28-30-51-31-29-45/h3-4,6-7,9-10,12-13,15-16,23-24,32,37-38,46-47H,2,5,8,11,14,17-22,25-31,33-34H2,1H3,(H,42,48)(H,44,49)/b4-3-,7-6-,10-9-,13-12-,16-15-/t38-/m0/s1. The molecule has 11 heteroatoms. The molecule has 1 saturated heterocycles. The van der Waals surface area contributed by atoms with Crippen molar-refractivity contribution in [2.75, 3.05) is 52.6 Å². The average Bonchev–Trinajstić information content (AvgIpc) is 3.17. The van der Waals surface area contributed by atoms with Crippen molar-refractivity contribution in [3.63, 3.8) is 0 Å². The minimum Gasteiger partial charge on any atom is -0.456 e. The summed E-state index contributed by atoms with van der Waals surface area (Å²) in [4.78, 5) is 44.9. The third-order valence-corrected chi connectivity index (χ3v) is 8.33. The zero-order chi connectivity index (χ0) is 37.5. The second-order valence-corrected chi connectivity index (χ2v) is 12.6. The van der Waals surface area contributed by atoms with Crippen LogP contribution in [0.5, 0.6) is 0 Å². The van der Waals surface area contributed by atoms with Crippen molar-refractivity contribution in [3.8, 4) is 0 Å². The lowest BCUT2D eigenvalue weighted by Gasteiger charge is -2.26. The molecule has 1 aliphatic rings. The molecule has 1 aromatic heterocycles. The number of allylic oxidation sites excluding steroid dienone is 10. The van der Waals surface area contributed by atoms with Crippen molar-refractivity contribution >= 4 is 17.8 Å². The average molecular weight is 723 g/mol. The number of hydrogen-bond acceptors (Lipinski definition) is 9. The number of rotatable bonds is 27. The number of esters is 1. The number of aromatic nitrogens is 1. The number of hydrogen-bond donors (Lipinski definition) is 4. The molecule has 4 N–H and O–H groups in total. The van der Waals surface area contributed by atoms with Crippen LogP contribution in [0.3, 0.4) is 0 Å². The molecule has 0 aliphatic carbocycles. The first kappa shape index (κ1) is 44.3. The number of carbonyl (C=O) groups excluding carboxylic acids is 3. The van der Waals surface area contributed by atoms with Gasteiger partial charge in [0, 0.05) is 50.9 Å². The summed E-state index contributed by atoms with van der Waals surface area (Å²) < 4.78 is 10.6. The molecule has 0 spiro atoms. The minimum atomic E-state index is -1.08. The number of unbranched alkanes of at least 4 members (excludes halogenated alkanes) is 2. The largest absolute Gasteiger partial charge is 0.456 e. The van der Waals surface area contributed by atoms with Gasteiger partial charge >= 0.3 is 5.97 Å². The highest BCUT2D eigenvalue weighted by Crippen LogP contribution is 2.09. The number of aliphatic hydroxyl groups is 2. The number of nitrogens with one attached hydrogen (secondary N) is 2. The van der Waals surface area contributed by atoms with Gasteiger partial charge in [-0.1, -0.05) is 67.7 Å². The van der Waals surface area contributed by atoms with Crippen molar-refractivity contribution < 1.29 is 34.1 Å². The molecule has 2 heterocycles. The Bertz CT molecular complexity index is 1270. The summed E-state index contributed by atoms with van der Waals surface area (Å²) >= 11 is 0. The fourth-order valence-corrected chi connectivity index (χ4v) is 5.21. The normalized spacial score (nSPS) is 14.8. The monoisotopic (exact) mass is 722 g/mol. The van der Waals surface area contributed by atoms with Crippen LogP contribution >= 0.6 is 0 Å². The summed E-state index contributed by atoms with van der Waals surface area (Å²) in [7, 11) is 0. The molecule has 52 heavy (non-hydrogen) atoms. The number of morpholine rings is 1. The molecule has 2 rings (SSSR count). The van der Waals surface area contributed by atoms with Gasteiger partial charge in [-0.2, -0.15) is 0 Å². The maximum Gasteiger partial charge on any atom is 0.329 e. The lowest BCUT2D eigenvalue weighted by molar-refractivity contribution is -0.156. The van der Waals surface area contributed by atoms with Gasteiger partial charge in [-0.05, 0) is 76.3 Å². The molecule has 1 atom stereocenters. The van der Waals surface area contributed by atoms with E-state index in [1.165, 1.54) is 6.20 Å². The summed E-state index contributed by atoms with van der Waals surface area (Å²) in [6, 6.07) is 2.50. The van der Waals surface area contributed by atoms with Crippen molar-refractivity contribution in [2.24, 2.45) is 0 Å². The topological polar surface area (TPSA) is 150 Å². The molecule has 1 fully saturated rings. The molecule has 2 amide bonds. The number of nitrogens with zero attached hydrogens (tertiary/aromatic N) is 2. The first-order valence-corrected chi connectivity index (χ1v) is 19.0. The molecule has 0 radical (unpaired) electrons. The number of ether oxygens (including phenoxy) is 2. The lowest BCUT2D eigenvalue weighted by atomic mass is 10.1. The lowest BCUT2D eigenvalue weighted by Crippen LogP contribution is -2.44. The van der Waals surface area contributed by atoms with Crippen LogP contribution in [0.25, 0.3) is 0 Å². The molecule has 0 aromatic carbocycles. The van der Waals surface area contributed by atoms with Gasteiger partial charge in [0.15, 0.2) is 0 Å². The summed E-state index contributed by atoms with van der Waals surface area (Å²) in [5.74, 6) is -1.23. The minimum absolute atomic E-state index is 0.0220. The first-order valence-electron chi connectivity index (χ1n) is 19.0. The summed E-state index contributed by atoms with van der Waals surface area (Å²) in [6.45, 7) is 5.62. The van der Waals surface area contributed by atoms with Gasteiger partial charge in [-0.15, -0.1) is 0 Å². The van der Waals surface area contributed by atoms with E-state index in [9.17, 15) is 24.6 Å². The van der Waals surface area contributed by atoms with Crippen LogP contribution in [0.1, 0.15) is 93.6 Å². The molecule has 11 nitrogen and oxygen atoms in total. The van der Waals surface area contributed by atoms with E-state index in [4.69, 9.17) is 9.47 Å². The Kier molecular flexibility index (Phi) is 25.2. The maximum atomic E-state index is 13.0. The highest BCUT2D eigenvalue weighted by atomic mass is 16.6. The number of aliphatic hydroxyl groups excluding tert-OH is 2. The van der Waals surface area contributed by atoms with Gasteiger partial charge < -0.3 is 30.3 Å². The Morgan fingerprint density at radius 1 is 0.885 bits per heavy atom. The number of amides is 2. The van der Waals surface area contributed by atoms with E-state index in [0.717, 1.165) is 89.9 Å². The molecule has 0 bridgehead atoms.